The second kappa shape index (κ2) is 5.25. The third kappa shape index (κ3) is 3.60. The van der Waals surface area contributed by atoms with E-state index < -0.39 is 11.4 Å². The van der Waals surface area contributed by atoms with Gasteiger partial charge in [0.15, 0.2) is 0 Å². The minimum atomic E-state index is -0.772. The zero-order valence-electron chi connectivity index (χ0n) is 10.1. The topological polar surface area (TPSA) is 55.1 Å². The van der Waals surface area contributed by atoms with Gasteiger partial charge in [0, 0.05) is 6.04 Å². The largest absolute Gasteiger partial charge is 0.368 e. The van der Waals surface area contributed by atoms with Gasteiger partial charge in [-0.15, -0.1) is 0 Å². The molecular formula is C12H16Cl2N2O. The second-order valence-electron chi connectivity index (χ2n) is 4.53. The van der Waals surface area contributed by atoms with Gasteiger partial charge in [-0.3, -0.25) is 10.1 Å². The average molecular weight is 275 g/mol. The smallest absolute Gasteiger partial charge is 0.237 e. The van der Waals surface area contributed by atoms with E-state index in [2.05, 4.69) is 5.32 Å². The molecule has 94 valence electrons. The molecule has 1 atom stereocenters. The first kappa shape index (κ1) is 14.3. The number of halogens is 2. The van der Waals surface area contributed by atoms with Gasteiger partial charge >= 0.3 is 0 Å². The Bertz CT molecular complexity index is 433. The summed E-state index contributed by atoms with van der Waals surface area (Å²) in [6.45, 7) is 5.41. The number of rotatable bonds is 4. The van der Waals surface area contributed by atoms with Crippen LogP contribution in [0.2, 0.25) is 10.0 Å². The number of carbonyl (C=O) groups excluding carboxylic acids is 1. The standard InChI is InChI=1S/C12H16Cl2N2O/c1-7(16-12(2,3)11(15)17)8-4-5-9(13)10(14)6-8/h4-7,16H,1-3H3,(H2,15,17). The van der Waals surface area contributed by atoms with Crippen molar-refractivity contribution in [2.75, 3.05) is 0 Å². The van der Waals surface area contributed by atoms with Crippen LogP contribution in [0, 0.1) is 0 Å². The highest BCUT2D eigenvalue weighted by molar-refractivity contribution is 6.42. The number of nitrogens with one attached hydrogen (secondary N) is 1. The third-order valence-electron chi connectivity index (χ3n) is 2.64. The van der Waals surface area contributed by atoms with Crippen LogP contribution in [-0.2, 0) is 4.79 Å². The Labute approximate surface area is 111 Å². The average Bonchev–Trinajstić information content (AvgIpc) is 2.21. The maximum Gasteiger partial charge on any atom is 0.237 e. The lowest BCUT2D eigenvalue weighted by atomic mass is 10.0. The Hall–Kier alpha value is -0.770. The van der Waals surface area contributed by atoms with Crippen molar-refractivity contribution in [3.05, 3.63) is 33.8 Å². The fourth-order valence-corrected chi connectivity index (χ4v) is 1.78. The van der Waals surface area contributed by atoms with Gasteiger partial charge < -0.3 is 5.73 Å². The first-order valence-electron chi connectivity index (χ1n) is 5.26. The molecule has 17 heavy (non-hydrogen) atoms. The van der Waals surface area contributed by atoms with Gasteiger partial charge in [0.2, 0.25) is 5.91 Å². The molecule has 0 heterocycles. The fraction of sp³-hybridized carbons (Fsp3) is 0.417. The van der Waals surface area contributed by atoms with E-state index in [4.69, 9.17) is 28.9 Å². The van der Waals surface area contributed by atoms with E-state index in [0.29, 0.717) is 10.0 Å². The first-order chi connectivity index (χ1) is 7.74. The van der Waals surface area contributed by atoms with Crippen LogP contribution in [0.5, 0.6) is 0 Å². The summed E-state index contributed by atoms with van der Waals surface area (Å²) in [5.74, 6) is -0.399. The number of hydrogen-bond donors (Lipinski definition) is 2. The van der Waals surface area contributed by atoms with Crippen molar-refractivity contribution >= 4 is 29.1 Å². The Morgan fingerprint density at radius 3 is 2.41 bits per heavy atom. The number of carbonyl (C=O) groups is 1. The quantitative estimate of drug-likeness (QED) is 0.887. The third-order valence-corrected chi connectivity index (χ3v) is 3.38. The normalized spacial score (nSPS) is 13.5. The second-order valence-corrected chi connectivity index (χ2v) is 5.34. The molecule has 1 unspecified atom stereocenters. The molecule has 0 bridgehead atoms. The Morgan fingerprint density at radius 2 is 1.94 bits per heavy atom. The van der Waals surface area contributed by atoms with E-state index >= 15 is 0 Å². The number of hydrogen-bond acceptors (Lipinski definition) is 2. The molecule has 0 radical (unpaired) electrons. The minimum absolute atomic E-state index is 0.0488. The van der Waals surface area contributed by atoms with E-state index in [0.717, 1.165) is 5.56 Å². The summed E-state index contributed by atoms with van der Waals surface area (Å²) in [6, 6.07) is 5.32. The predicted molar refractivity (Wildman–Crippen MR) is 71.3 cm³/mol. The van der Waals surface area contributed by atoms with Gasteiger partial charge in [0.05, 0.1) is 15.6 Å². The van der Waals surface area contributed by atoms with E-state index in [1.54, 1.807) is 26.0 Å². The molecule has 0 aliphatic rings. The molecule has 1 aromatic rings. The van der Waals surface area contributed by atoms with Gasteiger partial charge in [-0.1, -0.05) is 29.3 Å². The maximum absolute atomic E-state index is 11.2. The number of primary amides is 1. The number of nitrogens with two attached hydrogens (primary N) is 1. The van der Waals surface area contributed by atoms with E-state index in [1.165, 1.54) is 0 Å². The van der Waals surface area contributed by atoms with E-state index in [-0.39, 0.29) is 6.04 Å². The highest BCUT2D eigenvalue weighted by Gasteiger charge is 2.26. The Kier molecular flexibility index (Phi) is 4.42. The van der Waals surface area contributed by atoms with Crippen molar-refractivity contribution in [1.82, 2.24) is 5.32 Å². The van der Waals surface area contributed by atoms with E-state index in [1.807, 2.05) is 13.0 Å². The van der Waals surface area contributed by atoms with Gasteiger partial charge in [-0.2, -0.15) is 0 Å². The molecule has 0 aliphatic carbocycles. The summed E-state index contributed by atoms with van der Waals surface area (Å²) in [7, 11) is 0. The lowest BCUT2D eigenvalue weighted by Crippen LogP contribution is -2.51. The molecule has 3 N–H and O–H groups in total. The molecule has 5 heteroatoms. The summed E-state index contributed by atoms with van der Waals surface area (Å²) >= 11 is 11.8. The van der Waals surface area contributed by atoms with Crippen molar-refractivity contribution in [2.45, 2.75) is 32.4 Å². The van der Waals surface area contributed by atoms with Gasteiger partial charge in [-0.05, 0) is 38.5 Å². The van der Waals surface area contributed by atoms with Crippen molar-refractivity contribution < 1.29 is 4.79 Å². The van der Waals surface area contributed by atoms with Gasteiger partial charge in [0.1, 0.15) is 0 Å². The summed E-state index contributed by atoms with van der Waals surface area (Å²) in [5, 5.41) is 4.15. The molecule has 3 nitrogen and oxygen atoms in total. The van der Waals surface area contributed by atoms with E-state index in [9.17, 15) is 4.79 Å². The molecular weight excluding hydrogens is 259 g/mol. The summed E-state index contributed by atoms with van der Waals surface area (Å²) in [4.78, 5) is 11.2. The lowest BCUT2D eigenvalue weighted by Gasteiger charge is -2.27. The molecule has 1 rings (SSSR count). The first-order valence-corrected chi connectivity index (χ1v) is 6.02. The monoisotopic (exact) mass is 274 g/mol. The van der Waals surface area contributed by atoms with Crippen molar-refractivity contribution in [3.8, 4) is 0 Å². The lowest BCUT2D eigenvalue weighted by molar-refractivity contribution is -0.123. The van der Waals surface area contributed by atoms with Crippen LogP contribution < -0.4 is 11.1 Å². The van der Waals surface area contributed by atoms with Crippen LogP contribution in [0.1, 0.15) is 32.4 Å². The van der Waals surface area contributed by atoms with Gasteiger partial charge in [0.25, 0.3) is 0 Å². The predicted octanol–water partition coefficient (Wildman–Crippen LogP) is 2.91. The van der Waals surface area contributed by atoms with Crippen molar-refractivity contribution in [1.29, 1.82) is 0 Å². The summed E-state index contributed by atoms with van der Waals surface area (Å²) < 4.78 is 0. The van der Waals surface area contributed by atoms with Crippen molar-refractivity contribution in [3.63, 3.8) is 0 Å². The van der Waals surface area contributed by atoms with Crippen LogP contribution in [0.4, 0.5) is 0 Å². The molecule has 0 fully saturated rings. The Balaban J connectivity index is 2.87. The maximum atomic E-state index is 11.2. The molecule has 0 aromatic heterocycles. The van der Waals surface area contributed by atoms with Crippen LogP contribution in [0.15, 0.2) is 18.2 Å². The fourth-order valence-electron chi connectivity index (χ4n) is 1.48. The molecule has 1 amide bonds. The molecule has 0 saturated heterocycles. The number of benzene rings is 1. The number of amides is 1. The Morgan fingerprint density at radius 1 is 1.35 bits per heavy atom. The molecule has 0 aliphatic heterocycles. The van der Waals surface area contributed by atoms with Crippen LogP contribution >= 0.6 is 23.2 Å². The minimum Gasteiger partial charge on any atom is -0.368 e. The van der Waals surface area contributed by atoms with Crippen LogP contribution in [0.25, 0.3) is 0 Å². The summed E-state index contributed by atoms with van der Waals surface area (Å²) in [5.41, 5.74) is 5.48. The molecule has 0 saturated carbocycles. The molecule has 0 spiro atoms. The van der Waals surface area contributed by atoms with Crippen molar-refractivity contribution in [2.24, 2.45) is 5.73 Å². The highest BCUT2D eigenvalue weighted by Crippen LogP contribution is 2.26. The zero-order chi connectivity index (χ0) is 13.2. The highest BCUT2D eigenvalue weighted by atomic mass is 35.5. The van der Waals surface area contributed by atoms with Crippen LogP contribution in [0.3, 0.4) is 0 Å². The summed E-state index contributed by atoms with van der Waals surface area (Å²) in [6.07, 6.45) is 0. The molecule has 1 aromatic carbocycles. The zero-order valence-corrected chi connectivity index (χ0v) is 11.6. The van der Waals surface area contributed by atoms with Gasteiger partial charge in [-0.25, -0.2) is 0 Å². The van der Waals surface area contributed by atoms with Crippen LogP contribution in [-0.4, -0.2) is 11.4 Å². The SMILES string of the molecule is CC(NC(C)(C)C(N)=O)c1ccc(Cl)c(Cl)c1.